The fourth-order valence-corrected chi connectivity index (χ4v) is 2.75. The number of hydrogen-bond acceptors (Lipinski definition) is 2. The highest BCUT2D eigenvalue weighted by molar-refractivity contribution is 5.82. The van der Waals surface area contributed by atoms with Crippen LogP contribution in [0.3, 0.4) is 0 Å². The zero-order valence-corrected chi connectivity index (χ0v) is 10.5. The van der Waals surface area contributed by atoms with E-state index in [1.165, 1.54) is 12.8 Å². The molecule has 1 heterocycles. The van der Waals surface area contributed by atoms with Crippen molar-refractivity contribution in [1.29, 1.82) is 0 Å². The lowest BCUT2D eigenvalue weighted by Gasteiger charge is -2.35. The van der Waals surface area contributed by atoms with Gasteiger partial charge in [0.05, 0.1) is 6.04 Å². The summed E-state index contributed by atoms with van der Waals surface area (Å²) in [5.41, 5.74) is 0.479. The van der Waals surface area contributed by atoms with E-state index >= 15 is 0 Å². The highest BCUT2D eigenvalue weighted by Gasteiger charge is 2.29. The molecule has 1 saturated heterocycles. The molecular weight excluding hydrogens is 200 g/mol. The second-order valence-electron chi connectivity index (χ2n) is 6.10. The third-order valence-electron chi connectivity index (χ3n) is 4.06. The highest BCUT2D eigenvalue weighted by atomic mass is 16.2. The second-order valence-corrected chi connectivity index (χ2v) is 6.10. The van der Waals surface area contributed by atoms with E-state index in [-0.39, 0.29) is 11.9 Å². The van der Waals surface area contributed by atoms with Gasteiger partial charge in [-0.3, -0.25) is 4.79 Å². The van der Waals surface area contributed by atoms with E-state index in [1.54, 1.807) is 0 Å². The van der Waals surface area contributed by atoms with Crippen LogP contribution in [-0.2, 0) is 4.79 Å². The molecule has 2 aliphatic rings. The molecule has 1 amide bonds. The predicted molar refractivity (Wildman–Crippen MR) is 65.2 cm³/mol. The fourth-order valence-electron chi connectivity index (χ4n) is 2.75. The molecule has 1 atom stereocenters. The monoisotopic (exact) mass is 224 g/mol. The first-order chi connectivity index (χ1) is 7.57. The minimum absolute atomic E-state index is 0.0786. The van der Waals surface area contributed by atoms with Gasteiger partial charge in [0.2, 0.25) is 5.91 Å². The summed E-state index contributed by atoms with van der Waals surface area (Å²) in [6.07, 6.45) is 6.89. The lowest BCUT2D eigenvalue weighted by molar-refractivity contribution is -0.123. The normalized spacial score (nSPS) is 30.2. The van der Waals surface area contributed by atoms with E-state index in [1.807, 2.05) is 0 Å². The molecule has 2 rings (SSSR count). The second kappa shape index (κ2) is 4.74. The van der Waals surface area contributed by atoms with Crippen LogP contribution >= 0.6 is 0 Å². The van der Waals surface area contributed by atoms with Crippen LogP contribution in [0.1, 0.15) is 52.4 Å². The lowest BCUT2D eigenvalue weighted by Crippen LogP contribution is -2.46. The number of amides is 1. The fraction of sp³-hybridized carbons (Fsp3) is 0.923. The third kappa shape index (κ3) is 2.97. The van der Waals surface area contributed by atoms with E-state index in [0.717, 1.165) is 32.2 Å². The topological polar surface area (TPSA) is 41.1 Å². The summed E-state index contributed by atoms with van der Waals surface area (Å²) in [6, 6.07) is 0.498. The predicted octanol–water partition coefficient (Wildman–Crippen LogP) is 1.82. The Labute approximate surface area is 98.4 Å². The van der Waals surface area contributed by atoms with Crippen LogP contribution in [-0.4, -0.2) is 24.5 Å². The molecule has 0 aromatic carbocycles. The van der Waals surface area contributed by atoms with E-state index in [0.29, 0.717) is 11.5 Å². The molecule has 0 aromatic rings. The zero-order chi connectivity index (χ0) is 11.6. The van der Waals surface area contributed by atoms with Gasteiger partial charge in [-0.05, 0) is 50.5 Å². The van der Waals surface area contributed by atoms with Gasteiger partial charge in [0.1, 0.15) is 0 Å². The quantitative estimate of drug-likeness (QED) is 0.751. The molecule has 0 aromatic heterocycles. The van der Waals surface area contributed by atoms with Crippen LogP contribution in [0.2, 0.25) is 0 Å². The average molecular weight is 224 g/mol. The number of nitrogens with one attached hydrogen (secondary N) is 2. The first-order valence-corrected chi connectivity index (χ1v) is 6.61. The SMILES string of the molecule is CC1(C)CCC(NC(=O)C2CCCN2)CC1. The molecule has 0 bridgehead atoms. The van der Waals surface area contributed by atoms with Crippen LogP contribution in [0.4, 0.5) is 0 Å². The van der Waals surface area contributed by atoms with Gasteiger partial charge in [-0.25, -0.2) is 0 Å². The van der Waals surface area contributed by atoms with Crippen LogP contribution < -0.4 is 10.6 Å². The van der Waals surface area contributed by atoms with Crippen molar-refractivity contribution in [2.75, 3.05) is 6.54 Å². The number of hydrogen-bond donors (Lipinski definition) is 2. The van der Waals surface area contributed by atoms with Gasteiger partial charge >= 0.3 is 0 Å². The molecule has 2 fully saturated rings. The molecule has 2 N–H and O–H groups in total. The highest BCUT2D eigenvalue weighted by Crippen LogP contribution is 2.35. The van der Waals surface area contributed by atoms with Crippen molar-refractivity contribution < 1.29 is 4.79 Å². The van der Waals surface area contributed by atoms with E-state index in [9.17, 15) is 4.79 Å². The van der Waals surface area contributed by atoms with Crippen molar-refractivity contribution in [1.82, 2.24) is 10.6 Å². The van der Waals surface area contributed by atoms with E-state index in [4.69, 9.17) is 0 Å². The summed E-state index contributed by atoms with van der Waals surface area (Å²) in [6.45, 7) is 5.64. The Balaban J connectivity index is 1.76. The van der Waals surface area contributed by atoms with Gasteiger partial charge in [-0.2, -0.15) is 0 Å². The largest absolute Gasteiger partial charge is 0.352 e. The van der Waals surface area contributed by atoms with Crippen molar-refractivity contribution in [2.24, 2.45) is 5.41 Å². The molecule has 3 heteroatoms. The molecule has 0 radical (unpaired) electrons. The molecule has 16 heavy (non-hydrogen) atoms. The third-order valence-corrected chi connectivity index (χ3v) is 4.06. The Morgan fingerprint density at radius 3 is 2.50 bits per heavy atom. The Hall–Kier alpha value is -0.570. The Morgan fingerprint density at radius 1 is 1.25 bits per heavy atom. The zero-order valence-electron chi connectivity index (χ0n) is 10.5. The maximum atomic E-state index is 11.9. The number of carbonyl (C=O) groups is 1. The Morgan fingerprint density at radius 2 is 1.94 bits per heavy atom. The van der Waals surface area contributed by atoms with Crippen molar-refractivity contribution in [3.63, 3.8) is 0 Å². The summed E-state index contributed by atoms with van der Waals surface area (Å²) in [5.74, 6) is 0.224. The molecule has 3 nitrogen and oxygen atoms in total. The summed E-state index contributed by atoms with van der Waals surface area (Å²) in [4.78, 5) is 11.9. The van der Waals surface area contributed by atoms with Crippen LogP contribution in [0.15, 0.2) is 0 Å². The average Bonchev–Trinajstić information content (AvgIpc) is 2.74. The smallest absolute Gasteiger partial charge is 0.237 e. The molecule has 1 saturated carbocycles. The van der Waals surface area contributed by atoms with Gasteiger partial charge in [0, 0.05) is 6.04 Å². The van der Waals surface area contributed by atoms with E-state index < -0.39 is 0 Å². The van der Waals surface area contributed by atoms with Crippen molar-refractivity contribution in [3.8, 4) is 0 Å². The summed E-state index contributed by atoms with van der Waals surface area (Å²) in [5, 5.41) is 6.45. The maximum Gasteiger partial charge on any atom is 0.237 e. The first kappa shape index (κ1) is 11.9. The summed E-state index contributed by atoms with van der Waals surface area (Å²) < 4.78 is 0. The van der Waals surface area contributed by atoms with Gasteiger partial charge in [0.25, 0.3) is 0 Å². The van der Waals surface area contributed by atoms with Crippen molar-refractivity contribution in [2.45, 2.75) is 64.5 Å². The number of rotatable bonds is 2. The lowest BCUT2D eigenvalue weighted by atomic mass is 9.75. The first-order valence-electron chi connectivity index (χ1n) is 6.61. The van der Waals surface area contributed by atoms with Crippen LogP contribution in [0.25, 0.3) is 0 Å². The Bertz CT molecular complexity index is 247. The summed E-state index contributed by atoms with van der Waals surface area (Å²) >= 11 is 0. The molecule has 92 valence electrons. The molecule has 0 spiro atoms. The Kier molecular flexibility index (Phi) is 3.53. The van der Waals surface area contributed by atoms with Gasteiger partial charge < -0.3 is 10.6 Å². The van der Waals surface area contributed by atoms with Crippen LogP contribution in [0, 0.1) is 5.41 Å². The molecule has 1 unspecified atom stereocenters. The summed E-state index contributed by atoms with van der Waals surface area (Å²) in [7, 11) is 0. The standard InChI is InChI=1S/C13H24N2O/c1-13(2)7-5-10(6-8-13)15-12(16)11-4-3-9-14-11/h10-11,14H,3-9H2,1-2H3,(H,15,16). The van der Waals surface area contributed by atoms with Crippen molar-refractivity contribution in [3.05, 3.63) is 0 Å². The maximum absolute atomic E-state index is 11.9. The van der Waals surface area contributed by atoms with Crippen LogP contribution in [0.5, 0.6) is 0 Å². The minimum Gasteiger partial charge on any atom is -0.352 e. The van der Waals surface area contributed by atoms with E-state index in [2.05, 4.69) is 24.5 Å². The number of carbonyl (C=O) groups excluding carboxylic acids is 1. The minimum atomic E-state index is 0.0786. The van der Waals surface area contributed by atoms with Gasteiger partial charge in [-0.1, -0.05) is 13.8 Å². The molecule has 1 aliphatic carbocycles. The van der Waals surface area contributed by atoms with Gasteiger partial charge in [0.15, 0.2) is 0 Å². The van der Waals surface area contributed by atoms with Gasteiger partial charge in [-0.15, -0.1) is 0 Å². The van der Waals surface area contributed by atoms with Crippen molar-refractivity contribution >= 4 is 5.91 Å². The molecular formula is C13H24N2O. The molecule has 1 aliphatic heterocycles.